The van der Waals surface area contributed by atoms with Crippen LogP contribution in [0.2, 0.25) is 0 Å². The average Bonchev–Trinajstić information content (AvgIpc) is 2.75. The lowest BCUT2D eigenvalue weighted by molar-refractivity contribution is 0.264. The van der Waals surface area contributed by atoms with Gasteiger partial charge in [-0.05, 0) is 62.4 Å². The van der Waals surface area contributed by atoms with E-state index in [9.17, 15) is 0 Å². The summed E-state index contributed by atoms with van der Waals surface area (Å²) in [5, 5.41) is 0. The summed E-state index contributed by atoms with van der Waals surface area (Å²) in [5.74, 6) is 0.922. The van der Waals surface area contributed by atoms with Crippen LogP contribution in [0.25, 0.3) is 11.2 Å². The van der Waals surface area contributed by atoms with Crippen molar-refractivity contribution in [3.8, 4) is 0 Å². The van der Waals surface area contributed by atoms with Gasteiger partial charge in [0.05, 0.1) is 5.52 Å². The fraction of sp³-hybridized carbons (Fsp3) is 0.625. The number of pyridine rings is 1. The molecule has 0 amide bonds. The quantitative estimate of drug-likeness (QED) is 0.812. The van der Waals surface area contributed by atoms with Crippen LogP contribution < -0.4 is 0 Å². The molecule has 20 heavy (non-hydrogen) atoms. The van der Waals surface area contributed by atoms with E-state index in [0.29, 0.717) is 6.04 Å². The third kappa shape index (κ3) is 2.53. The van der Waals surface area contributed by atoms with Crippen LogP contribution in [0.1, 0.15) is 57.1 Å². The van der Waals surface area contributed by atoms with Crippen LogP contribution in [-0.2, 0) is 0 Å². The van der Waals surface area contributed by atoms with Crippen molar-refractivity contribution < 1.29 is 0 Å². The van der Waals surface area contributed by atoms with Crippen LogP contribution >= 0.6 is 12.2 Å². The van der Waals surface area contributed by atoms with Gasteiger partial charge in [0.25, 0.3) is 0 Å². The van der Waals surface area contributed by atoms with Gasteiger partial charge >= 0.3 is 0 Å². The standard InChI is InChI=1S/C16H23N3S/c1-3-4-12-5-7-13(8-6-12)19-15-14(18-16(19)20)9-11(2)10-17-15/h9-10,12-13H,3-8H2,1-2H3,(H,18,20). The van der Waals surface area contributed by atoms with Crippen LogP contribution in [0.5, 0.6) is 0 Å². The van der Waals surface area contributed by atoms with Gasteiger partial charge in [-0.1, -0.05) is 19.8 Å². The minimum absolute atomic E-state index is 0.527. The number of hydrogen-bond donors (Lipinski definition) is 1. The van der Waals surface area contributed by atoms with E-state index in [0.717, 1.165) is 21.9 Å². The first kappa shape index (κ1) is 13.8. The second-order valence-electron chi connectivity index (χ2n) is 6.15. The van der Waals surface area contributed by atoms with E-state index in [1.54, 1.807) is 0 Å². The highest BCUT2D eigenvalue weighted by Crippen LogP contribution is 2.35. The number of aryl methyl sites for hydroxylation is 1. The molecule has 1 aliphatic carbocycles. The number of rotatable bonds is 3. The van der Waals surface area contributed by atoms with Gasteiger partial charge in [0.1, 0.15) is 0 Å². The van der Waals surface area contributed by atoms with E-state index in [1.165, 1.54) is 44.1 Å². The molecule has 1 fully saturated rings. The van der Waals surface area contributed by atoms with Crippen molar-refractivity contribution in [2.24, 2.45) is 5.92 Å². The maximum atomic E-state index is 5.53. The molecule has 0 radical (unpaired) electrons. The number of H-pyrrole nitrogens is 1. The van der Waals surface area contributed by atoms with E-state index in [2.05, 4.69) is 34.4 Å². The summed E-state index contributed by atoms with van der Waals surface area (Å²) < 4.78 is 3.09. The molecule has 3 nitrogen and oxygen atoms in total. The number of nitrogens with one attached hydrogen (secondary N) is 1. The zero-order valence-corrected chi connectivity index (χ0v) is 13.2. The summed E-state index contributed by atoms with van der Waals surface area (Å²) in [6.45, 7) is 4.35. The van der Waals surface area contributed by atoms with Gasteiger partial charge in [0, 0.05) is 12.2 Å². The topological polar surface area (TPSA) is 33.6 Å². The Hall–Kier alpha value is -1.16. The highest BCUT2D eigenvalue weighted by molar-refractivity contribution is 7.71. The zero-order chi connectivity index (χ0) is 14.1. The minimum atomic E-state index is 0.527. The molecule has 2 aromatic rings. The normalized spacial score (nSPS) is 23.3. The van der Waals surface area contributed by atoms with Gasteiger partial charge in [-0.15, -0.1) is 0 Å². The van der Waals surface area contributed by atoms with Crippen molar-refractivity contribution in [1.29, 1.82) is 0 Å². The Kier molecular flexibility index (Phi) is 3.92. The monoisotopic (exact) mass is 289 g/mol. The fourth-order valence-corrected chi connectivity index (χ4v) is 3.90. The molecule has 2 aromatic heterocycles. The van der Waals surface area contributed by atoms with Crippen molar-refractivity contribution >= 4 is 23.4 Å². The molecule has 1 aliphatic rings. The first-order chi connectivity index (χ1) is 9.69. The molecule has 0 aromatic carbocycles. The van der Waals surface area contributed by atoms with Gasteiger partial charge in [0.15, 0.2) is 10.4 Å². The van der Waals surface area contributed by atoms with E-state index in [-0.39, 0.29) is 0 Å². The van der Waals surface area contributed by atoms with E-state index in [1.807, 2.05) is 6.20 Å². The molecular weight excluding hydrogens is 266 g/mol. The number of aromatic nitrogens is 3. The molecule has 1 saturated carbocycles. The highest BCUT2D eigenvalue weighted by Gasteiger charge is 2.24. The second-order valence-corrected chi connectivity index (χ2v) is 6.53. The lowest BCUT2D eigenvalue weighted by Gasteiger charge is -2.29. The summed E-state index contributed by atoms with van der Waals surface area (Å²) in [5.41, 5.74) is 3.28. The Bertz CT molecular complexity index is 647. The Morgan fingerprint density at radius 2 is 2.10 bits per heavy atom. The van der Waals surface area contributed by atoms with E-state index in [4.69, 9.17) is 12.2 Å². The Labute approximate surface area is 125 Å². The predicted molar refractivity (Wildman–Crippen MR) is 85.6 cm³/mol. The van der Waals surface area contributed by atoms with Crippen LogP contribution in [0.4, 0.5) is 0 Å². The van der Waals surface area contributed by atoms with Crippen molar-refractivity contribution in [3.05, 3.63) is 22.6 Å². The Morgan fingerprint density at radius 3 is 2.80 bits per heavy atom. The molecular formula is C16H23N3S. The molecule has 1 N–H and O–H groups in total. The van der Waals surface area contributed by atoms with Gasteiger partial charge in [-0.3, -0.25) is 4.57 Å². The van der Waals surface area contributed by atoms with Gasteiger partial charge in [0.2, 0.25) is 0 Å². The second kappa shape index (κ2) is 5.68. The summed E-state index contributed by atoms with van der Waals surface area (Å²) in [6, 6.07) is 2.66. The lowest BCUT2D eigenvalue weighted by atomic mass is 9.83. The minimum Gasteiger partial charge on any atom is -0.329 e. The molecule has 4 heteroatoms. The molecule has 108 valence electrons. The van der Waals surface area contributed by atoms with Gasteiger partial charge < -0.3 is 4.98 Å². The van der Waals surface area contributed by atoms with Crippen LogP contribution in [-0.4, -0.2) is 14.5 Å². The van der Waals surface area contributed by atoms with E-state index >= 15 is 0 Å². The van der Waals surface area contributed by atoms with Crippen molar-refractivity contribution in [1.82, 2.24) is 14.5 Å². The Balaban J connectivity index is 1.88. The summed E-state index contributed by atoms with van der Waals surface area (Å²) in [7, 11) is 0. The average molecular weight is 289 g/mol. The van der Waals surface area contributed by atoms with Crippen LogP contribution in [0.15, 0.2) is 12.3 Å². The summed E-state index contributed by atoms with van der Waals surface area (Å²) >= 11 is 5.53. The van der Waals surface area contributed by atoms with Crippen molar-refractivity contribution in [3.63, 3.8) is 0 Å². The van der Waals surface area contributed by atoms with Gasteiger partial charge in [-0.2, -0.15) is 0 Å². The molecule has 3 rings (SSSR count). The number of aromatic amines is 1. The van der Waals surface area contributed by atoms with Crippen molar-refractivity contribution in [2.75, 3.05) is 0 Å². The zero-order valence-electron chi connectivity index (χ0n) is 12.4. The number of fused-ring (bicyclic) bond motifs is 1. The largest absolute Gasteiger partial charge is 0.329 e. The number of nitrogens with zero attached hydrogens (tertiary/aromatic N) is 2. The molecule has 0 unspecified atom stereocenters. The maximum Gasteiger partial charge on any atom is 0.179 e. The summed E-state index contributed by atoms with van der Waals surface area (Å²) in [4.78, 5) is 7.91. The first-order valence-corrected chi connectivity index (χ1v) is 8.16. The van der Waals surface area contributed by atoms with Gasteiger partial charge in [-0.25, -0.2) is 4.98 Å². The molecule has 0 aliphatic heterocycles. The molecule has 0 bridgehead atoms. The SMILES string of the molecule is CCCC1CCC(n2c(=S)[nH]c3cc(C)cnc32)CC1. The molecule has 0 saturated heterocycles. The molecule has 0 spiro atoms. The third-order valence-corrected chi connectivity index (χ3v) is 4.87. The lowest BCUT2D eigenvalue weighted by Crippen LogP contribution is -2.18. The van der Waals surface area contributed by atoms with Crippen molar-refractivity contribution in [2.45, 2.75) is 58.4 Å². The van der Waals surface area contributed by atoms with Crippen LogP contribution in [0.3, 0.4) is 0 Å². The molecule has 2 heterocycles. The maximum absolute atomic E-state index is 5.53. The van der Waals surface area contributed by atoms with Crippen LogP contribution in [0, 0.1) is 17.6 Å². The number of imidazole rings is 1. The number of hydrogen-bond acceptors (Lipinski definition) is 2. The summed E-state index contributed by atoms with van der Waals surface area (Å²) in [6.07, 6.45) is 9.76. The Morgan fingerprint density at radius 1 is 1.35 bits per heavy atom. The fourth-order valence-electron chi connectivity index (χ4n) is 3.56. The molecule has 0 atom stereocenters. The third-order valence-electron chi connectivity index (χ3n) is 4.57. The first-order valence-electron chi connectivity index (χ1n) is 7.76. The highest BCUT2D eigenvalue weighted by atomic mass is 32.1. The predicted octanol–water partition coefficient (Wildman–Crippen LogP) is 4.93. The smallest absolute Gasteiger partial charge is 0.179 e. The van der Waals surface area contributed by atoms with E-state index < -0.39 is 0 Å².